The molecule has 172 valence electrons. The molecule has 1 saturated heterocycles. The van der Waals surface area contributed by atoms with Crippen molar-refractivity contribution in [1.29, 1.82) is 0 Å². The quantitative estimate of drug-likeness (QED) is 0.329. The van der Waals surface area contributed by atoms with Crippen molar-refractivity contribution < 1.29 is 44.1 Å². The number of benzene rings is 3. The Morgan fingerprint density at radius 3 is 1.84 bits per heavy atom. The van der Waals surface area contributed by atoms with Gasteiger partial charge in [-0.1, -0.05) is 66.7 Å². The Morgan fingerprint density at radius 1 is 0.656 bits per heavy atom. The standard InChI is InChI=1S/C26H30N2O2.2ClH/c1-4-10-23(11-5-1)20-29-21-25(22-30-26-14-8-3-9-15-26)28-18-16-27(17-19-28)24-12-6-2-7-13-24;;/h1-15,25H,16-22H2;2*1H. The third-order valence-electron chi connectivity index (χ3n) is 5.88. The van der Waals surface area contributed by atoms with Crippen LogP contribution in [0.1, 0.15) is 5.56 Å². The molecular weight excluding hydrogens is 443 g/mol. The van der Waals surface area contributed by atoms with Gasteiger partial charge in [0.25, 0.3) is 0 Å². The molecule has 3 aromatic carbocycles. The van der Waals surface area contributed by atoms with Crippen molar-refractivity contribution in [3.63, 3.8) is 0 Å². The molecule has 0 aromatic heterocycles. The summed E-state index contributed by atoms with van der Waals surface area (Å²) in [6, 6.07) is 31.6. The number of nitrogens with one attached hydrogen (secondary N) is 2. The van der Waals surface area contributed by atoms with Gasteiger partial charge in [0, 0.05) is 0 Å². The van der Waals surface area contributed by atoms with E-state index in [1.165, 1.54) is 11.3 Å². The van der Waals surface area contributed by atoms with Gasteiger partial charge >= 0.3 is 0 Å². The third-order valence-corrected chi connectivity index (χ3v) is 5.88. The van der Waals surface area contributed by atoms with Crippen LogP contribution in [0.25, 0.3) is 0 Å². The van der Waals surface area contributed by atoms with Crippen LogP contribution in [0.5, 0.6) is 5.75 Å². The maximum absolute atomic E-state index is 6.13. The third kappa shape index (κ3) is 7.80. The minimum atomic E-state index is 0. The summed E-state index contributed by atoms with van der Waals surface area (Å²) in [6.45, 7) is 6.56. The van der Waals surface area contributed by atoms with Crippen molar-refractivity contribution in [3.05, 3.63) is 96.6 Å². The molecule has 0 saturated carbocycles. The molecular formula is C26H32Cl2N2O2. The fourth-order valence-electron chi connectivity index (χ4n) is 4.13. The van der Waals surface area contributed by atoms with E-state index in [1.54, 1.807) is 9.80 Å². The van der Waals surface area contributed by atoms with Gasteiger partial charge in [-0.3, -0.25) is 4.90 Å². The summed E-state index contributed by atoms with van der Waals surface area (Å²) >= 11 is 0. The van der Waals surface area contributed by atoms with E-state index in [0.29, 0.717) is 25.9 Å². The molecule has 1 aliphatic rings. The van der Waals surface area contributed by atoms with E-state index in [-0.39, 0.29) is 24.8 Å². The molecule has 32 heavy (non-hydrogen) atoms. The van der Waals surface area contributed by atoms with Crippen LogP contribution in [0.3, 0.4) is 0 Å². The van der Waals surface area contributed by atoms with Crippen molar-refractivity contribution in [2.75, 3.05) is 39.4 Å². The molecule has 6 heteroatoms. The summed E-state index contributed by atoms with van der Waals surface area (Å²) in [5, 5.41) is 0. The molecule has 1 heterocycles. The van der Waals surface area contributed by atoms with Crippen LogP contribution in [-0.2, 0) is 11.3 Å². The number of hydrogen-bond acceptors (Lipinski definition) is 2. The van der Waals surface area contributed by atoms with Crippen molar-refractivity contribution in [3.8, 4) is 5.75 Å². The van der Waals surface area contributed by atoms with Crippen molar-refractivity contribution in [1.82, 2.24) is 0 Å². The Hall–Kier alpha value is -2.08. The average molecular weight is 475 g/mol. The summed E-state index contributed by atoms with van der Waals surface area (Å²) in [7, 11) is 0. The molecule has 1 unspecified atom stereocenters. The predicted octanol–water partition coefficient (Wildman–Crippen LogP) is -4.23. The second kappa shape index (κ2) is 14.1. The van der Waals surface area contributed by atoms with Crippen LogP contribution in [0.15, 0.2) is 91.0 Å². The predicted molar refractivity (Wildman–Crippen MR) is 119 cm³/mol. The van der Waals surface area contributed by atoms with Gasteiger partial charge in [0.15, 0.2) is 0 Å². The first-order chi connectivity index (χ1) is 14.9. The van der Waals surface area contributed by atoms with Crippen LogP contribution in [0, 0.1) is 0 Å². The maximum atomic E-state index is 6.13. The lowest BCUT2D eigenvalue weighted by molar-refractivity contribution is -1.00. The number of quaternary nitrogens is 2. The van der Waals surface area contributed by atoms with Gasteiger partial charge in [-0.2, -0.15) is 0 Å². The van der Waals surface area contributed by atoms with Gasteiger partial charge < -0.3 is 39.2 Å². The second-order valence-electron chi connectivity index (χ2n) is 7.95. The number of piperazine rings is 1. The Morgan fingerprint density at radius 2 is 1.22 bits per heavy atom. The van der Waals surface area contributed by atoms with Crippen molar-refractivity contribution >= 4 is 5.69 Å². The second-order valence-corrected chi connectivity index (χ2v) is 7.95. The molecule has 0 aliphatic carbocycles. The van der Waals surface area contributed by atoms with Gasteiger partial charge in [-0.05, 0) is 29.8 Å². The number of hydrogen-bond donors (Lipinski definition) is 2. The zero-order valence-electron chi connectivity index (χ0n) is 18.3. The van der Waals surface area contributed by atoms with Crippen LogP contribution in [-0.4, -0.2) is 45.4 Å². The Kier molecular flexibility index (Phi) is 11.6. The minimum absolute atomic E-state index is 0. The molecule has 1 atom stereocenters. The Labute approximate surface area is 204 Å². The summed E-state index contributed by atoms with van der Waals surface area (Å²) < 4.78 is 12.3. The normalized spacial score (nSPS) is 18.6. The number of halogens is 2. The van der Waals surface area contributed by atoms with E-state index < -0.39 is 0 Å². The van der Waals surface area contributed by atoms with E-state index in [2.05, 4.69) is 54.6 Å². The maximum Gasteiger partial charge on any atom is 0.146 e. The highest BCUT2D eigenvalue weighted by Gasteiger charge is 2.31. The molecule has 0 amide bonds. The fourth-order valence-corrected chi connectivity index (χ4v) is 4.13. The van der Waals surface area contributed by atoms with E-state index in [9.17, 15) is 0 Å². The molecule has 1 aliphatic heterocycles. The fraction of sp³-hybridized carbons (Fsp3) is 0.308. The minimum Gasteiger partial charge on any atom is -1.00 e. The number of ether oxygens (including phenoxy) is 2. The molecule has 0 bridgehead atoms. The molecule has 0 radical (unpaired) electrons. The molecule has 3 aromatic rings. The SMILES string of the molecule is [Cl-].[Cl-].c1ccc(COCC(COc2ccccc2)[NH+]2CC[NH+](c3ccccc3)CC2)cc1. The van der Waals surface area contributed by atoms with Crippen LogP contribution in [0.2, 0.25) is 0 Å². The number of para-hydroxylation sites is 2. The van der Waals surface area contributed by atoms with Crippen LogP contribution < -0.4 is 39.4 Å². The molecule has 1 fully saturated rings. The lowest BCUT2D eigenvalue weighted by atomic mass is 10.2. The molecule has 2 N–H and O–H groups in total. The largest absolute Gasteiger partial charge is 1.00 e. The molecule has 0 spiro atoms. The average Bonchev–Trinajstić information content (AvgIpc) is 2.83. The van der Waals surface area contributed by atoms with Crippen LogP contribution >= 0.6 is 0 Å². The zero-order valence-corrected chi connectivity index (χ0v) is 19.8. The lowest BCUT2D eigenvalue weighted by Gasteiger charge is -2.34. The van der Waals surface area contributed by atoms with Crippen LogP contribution in [0.4, 0.5) is 5.69 Å². The Bertz CT molecular complexity index is 861. The van der Waals surface area contributed by atoms with E-state index in [4.69, 9.17) is 9.47 Å². The molecule has 4 rings (SSSR count). The Balaban J connectivity index is 0.00000181. The van der Waals surface area contributed by atoms with Gasteiger partial charge in [0.05, 0.1) is 6.61 Å². The highest BCUT2D eigenvalue weighted by Crippen LogP contribution is 2.08. The van der Waals surface area contributed by atoms with Gasteiger partial charge in [0.1, 0.15) is 56.9 Å². The highest BCUT2D eigenvalue weighted by molar-refractivity contribution is 5.27. The first-order valence-electron chi connectivity index (χ1n) is 10.9. The van der Waals surface area contributed by atoms with E-state index >= 15 is 0 Å². The lowest BCUT2D eigenvalue weighted by Crippen LogP contribution is -3.28. The van der Waals surface area contributed by atoms with Gasteiger partial charge in [-0.25, -0.2) is 0 Å². The summed E-state index contributed by atoms with van der Waals surface area (Å²) in [5.41, 5.74) is 2.61. The molecule has 4 nitrogen and oxygen atoms in total. The van der Waals surface area contributed by atoms with E-state index in [1.807, 2.05) is 36.4 Å². The number of rotatable bonds is 9. The van der Waals surface area contributed by atoms with Gasteiger partial charge in [-0.15, -0.1) is 0 Å². The smallest absolute Gasteiger partial charge is 0.146 e. The summed E-state index contributed by atoms with van der Waals surface area (Å²) in [4.78, 5) is 3.16. The highest BCUT2D eigenvalue weighted by atomic mass is 35.5. The monoisotopic (exact) mass is 474 g/mol. The topological polar surface area (TPSA) is 27.3 Å². The first kappa shape index (κ1) is 26.2. The van der Waals surface area contributed by atoms with Crippen molar-refractivity contribution in [2.45, 2.75) is 12.6 Å². The van der Waals surface area contributed by atoms with E-state index in [0.717, 1.165) is 31.9 Å². The zero-order chi connectivity index (χ0) is 20.4. The first-order valence-corrected chi connectivity index (χ1v) is 10.9. The van der Waals surface area contributed by atoms with Gasteiger partial charge in [0.2, 0.25) is 0 Å². The summed E-state index contributed by atoms with van der Waals surface area (Å²) in [5.74, 6) is 0.929. The summed E-state index contributed by atoms with van der Waals surface area (Å²) in [6.07, 6.45) is 0. The van der Waals surface area contributed by atoms with Crippen molar-refractivity contribution in [2.24, 2.45) is 0 Å².